The van der Waals surface area contributed by atoms with Gasteiger partial charge >= 0.3 is 12.0 Å². The number of phenolic OH excluding ortho intramolecular Hbond substituents is 1. The molecule has 2 aromatic heterocycles. The summed E-state index contributed by atoms with van der Waals surface area (Å²) in [5.41, 5.74) is 9.78. The fourth-order valence-electron chi connectivity index (χ4n) is 10.1. The smallest absolute Gasteiger partial charge is 0.324 e. The number of likely N-dealkylation sites (tertiary alicyclic amines) is 1. The first kappa shape index (κ1) is 46.5. The fraction of sp³-hybridized carbons (Fsp3) is 0.520. The van der Waals surface area contributed by atoms with E-state index in [0.29, 0.717) is 50.9 Å². The van der Waals surface area contributed by atoms with E-state index < -0.39 is 47.2 Å². The van der Waals surface area contributed by atoms with Crippen LogP contribution in [0.25, 0.3) is 33.3 Å². The zero-order valence-corrected chi connectivity index (χ0v) is 39.3. The number of rotatable bonds is 9. The van der Waals surface area contributed by atoms with Gasteiger partial charge in [-0.05, 0) is 96.7 Å². The van der Waals surface area contributed by atoms with Crippen LogP contribution in [0.1, 0.15) is 70.6 Å². The molecule has 0 aliphatic carbocycles. The summed E-state index contributed by atoms with van der Waals surface area (Å²) in [5.74, 6) is -2.49. The molecule has 0 radical (unpaired) electrons. The van der Waals surface area contributed by atoms with Crippen LogP contribution in [0, 0.1) is 17.3 Å². The van der Waals surface area contributed by atoms with Crippen molar-refractivity contribution in [2.45, 2.75) is 98.0 Å². The summed E-state index contributed by atoms with van der Waals surface area (Å²) in [6.07, 6.45) is 5.65. The predicted molar refractivity (Wildman–Crippen MR) is 249 cm³/mol. The van der Waals surface area contributed by atoms with E-state index in [0.717, 1.165) is 57.5 Å². The number of carbonyl (C=O) groups excluding carboxylic acids is 5. The molecule has 0 saturated carbocycles. The minimum atomic E-state index is -1.15. The van der Waals surface area contributed by atoms with Gasteiger partial charge in [-0.1, -0.05) is 39.8 Å². The van der Waals surface area contributed by atoms with Crippen molar-refractivity contribution in [3.05, 3.63) is 71.5 Å². The SMILES string of the molecule is CCn1c(-c2cnccc2COC)c2c3cc(ccc31)-c1cc(O)cc(c1)C[C@H](NC(=O)[C@H](C(C)C)N(C)C(=O)[C@H]1CCN(C(=O)N3CC3)C1)C(=O)N1CCC[C@H](N1)C(=O)OCC(C)(C)C2. The topological polar surface area (TPSA) is 179 Å². The number of hydrazine groups is 1. The minimum absolute atomic E-state index is 0.000728. The lowest BCUT2D eigenvalue weighted by Gasteiger charge is -2.37. The Bertz CT molecular complexity index is 2510. The van der Waals surface area contributed by atoms with E-state index >= 15 is 0 Å². The van der Waals surface area contributed by atoms with Crippen molar-refractivity contribution < 1.29 is 38.6 Å². The zero-order valence-electron chi connectivity index (χ0n) is 39.3. The van der Waals surface area contributed by atoms with Crippen molar-refractivity contribution in [3.63, 3.8) is 0 Å². The Kier molecular flexibility index (Phi) is 13.4. The highest BCUT2D eigenvalue weighted by molar-refractivity contribution is 5.96. The number of benzene rings is 2. The molecular formula is C50H64N8O8. The zero-order chi connectivity index (χ0) is 47.0. The number of amides is 5. The number of aromatic hydroxyl groups is 1. The van der Waals surface area contributed by atoms with Crippen LogP contribution >= 0.6 is 0 Å². The first-order chi connectivity index (χ1) is 31.6. The van der Waals surface area contributed by atoms with Crippen LogP contribution in [0.2, 0.25) is 0 Å². The number of methoxy groups -OCH3 is 1. The van der Waals surface area contributed by atoms with Gasteiger partial charge in [-0.2, -0.15) is 0 Å². The third-order valence-corrected chi connectivity index (χ3v) is 13.5. The summed E-state index contributed by atoms with van der Waals surface area (Å²) < 4.78 is 14.0. The number of aryl methyl sites for hydroxylation is 1. The number of pyridine rings is 1. The van der Waals surface area contributed by atoms with Gasteiger partial charge in [0.05, 0.1) is 24.8 Å². The van der Waals surface area contributed by atoms with Gasteiger partial charge in [-0.3, -0.25) is 29.2 Å². The lowest BCUT2D eigenvalue weighted by atomic mass is 9.84. The van der Waals surface area contributed by atoms with E-state index in [1.165, 1.54) is 9.91 Å². The molecule has 4 aromatic rings. The normalized spacial score (nSPS) is 21.4. The van der Waals surface area contributed by atoms with E-state index in [2.05, 4.69) is 53.2 Å². The Morgan fingerprint density at radius 1 is 1.03 bits per heavy atom. The summed E-state index contributed by atoms with van der Waals surface area (Å²) in [6.45, 7) is 13.6. The standard InChI is InChI=1S/C50H64N8O8/c1-8-57-42-12-11-32-24-37(42)38(44(57)39-26-51-15-13-34(39)28-65-7)25-50(4,5)29-66-48(63)40-10-9-16-58(53-40)47(62)41(22-31-20-35(32)23-36(59)21-31)52-45(60)43(30(2)3)54(6)46(61)33-14-17-56(27-33)49(64)55-18-19-55/h11-13,15,20-21,23-24,26,30,33,40-41,43,53,59H,8-10,14,16-19,22,25,27-29H2,1-7H3,(H,52,60)/t33-,40-,41-,43-/m0/s1. The first-order valence-electron chi connectivity index (χ1n) is 23.3. The molecule has 4 atom stereocenters. The summed E-state index contributed by atoms with van der Waals surface area (Å²) >= 11 is 0. The van der Waals surface area contributed by atoms with Crippen LogP contribution in [0.4, 0.5) is 4.79 Å². The number of likely N-dealkylation sites (N-methyl/N-ethyl adjacent to an activating group) is 1. The van der Waals surface area contributed by atoms with Crippen molar-refractivity contribution in [3.8, 4) is 28.1 Å². The second-order valence-corrected chi connectivity index (χ2v) is 19.5. The highest BCUT2D eigenvalue weighted by Crippen LogP contribution is 2.41. The maximum absolute atomic E-state index is 14.7. The Morgan fingerprint density at radius 3 is 2.55 bits per heavy atom. The van der Waals surface area contributed by atoms with E-state index in [9.17, 15) is 29.1 Å². The number of nitrogens with one attached hydrogen (secondary N) is 2. The van der Waals surface area contributed by atoms with Crippen molar-refractivity contribution >= 4 is 40.6 Å². The first-order valence-corrected chi connectivity index (χ1v) is 23.3. The van der Waals surface area contributed by atoms with E-state index in [1.54, 1.807) is 42.3 Å². The molecule has 16 heteroatoms. The predicted octanol–water partition coefficient (Wildman–Crippen LogP) is 5.13. The van der Waals surface area contributed by atoms with Crippen molar-refractivity contribution in [2.75, 3.05) is 53.5 Å². The van der Waals surface area contributed by atoms with Gasteiger partial charge in [-0.25, -0.2) is 10.2 Å². The number of phenols is 1. The highest BCUT2D eigenvalue weighted by atomic mass is 16.5. The number of esters is 1. The van der Waals surface area contributed by atoms with Gasteiger partial charge in [0.2, 0.25) is 11.8 Å². The minimum Gasteiger partial charge on any atom is -0.508 e. The Balaban J connectivity index is 1.17. The van der Waals surface area contributed by atoms with Gasteiger partial charge in [0.25, 0.3) is 5.91 Å². The molecule has 66 heavy (non-hydrogen) atoms. The number of cyclic esters (lactones) is 1. The van der Waals surface area contributed by atoms with E-state index in [-0.39, 0.29) is 49.7 Å². The number of aromatic nitrogens is 2. The maximum Gasteiger partial charge on any atom is 0.324 e. The van der Waals surface area contributed by atoms with Gasteiger partial charge in [0.15, 0.2) is 0 Å². The number of ether oxygens (including phenoxy) is 2. The molecule has 3 saturated heterocycles. The number of nitrogens with zero attached hydrogens (tertiary/aromatic N) is 6. The average Bonchev–Trinajstić information content (AvgIpc) is 3.95. The van der Waals surface area contributed by atoms with Crippen LogP contribution in [-0.2, 0) is 54.6 Å². The van der Waals surface area contributed by atoms with Crippen LogP contribution in [0.15, 0.2) is 54.9 Å². The molecule has 4 aliphatic rings. The molecular weight excluding hydrogens is 841 g/mol. The quantitative estimate of drug-likeness (QED) is 0.151. The summed E-state index contributed by atoms with van der Waals surface area (Å²) in [7, 11) is 3.28. The average molecular weight is 905 g/mol. The number of hydrogen-bond donors (Lipinski definition) is 3. The van der Waals surface area contributed by atoms with Gasteiger partial charge in [0, 0.05) is 94.1 Å². The Morgan fingerprint density at radius 2 is 1.82 bits per heavy atom. The Hall–Kier alpha value is -6.00. The molecule has 3 N–H and O–H groups in total. The second-order valence-electron chi connectivity index (χ2n) is 19.5. The van der Waals surface area contributed by atoms with Gasteiger partial charge in [0.1, 0.15) is 23.9 Å². The molecule has 16 nitrogen and oxygen atoms in total. The summed E-state index contributed by atoms with van der Waals surface area (Å²) in [4.78, 5) is 79.4. The number of carbonyl (C=O) groups is 5. The largest absolute Gasteiger partial charge is 0.508 e. The Labute approximate surface area is 386 Å². The third-order valence-electron chi connectivity index (χ3n) is 13.5. The number of hydrogen-bond acceptors (Lipinski definition) is 10. The molecule has 2 aromatic carbocycles. The number of urea groups is 1. The molecule has 0 unspecified atom stereocenters. The van der Waals surface area contributed by atoms with Crippen LogP contribution in [0.5, 0.6) is 5.75 Å². The molecule has 6 heterocycles. The van der Waals surface area contributed by atoms with Gasteiger partial charge < -0.3 is 39.2 Å². The summed E-state index contributed by atoms with van der Waals surface area (Å²) in [6, 6.07) is 10.5. The molecule has 4 aliphatic heterocycles. The molecule has 352 valence electrons. The van der Waals surface area contributed by atoms with E-state index in [4.69, 9.17) is 9.47 Å². The number of fused-ring (bicyclic) bond motifs is 6. The second kappa shape index (κ2) is 19.1. The van der Waals surface area contributed by atoms with Gasteiger partial charge in [-0.15, -0.1) is 0 Å². The van der Waals surface area contributed by atoms with Crippen molar-refractivity contribution in [2.24, 2.45) is 17.3 Å². The molecule has 6 bridgehead atoms. The lowest BCUT2D eigenvalue weighted by molar-refractivity contribution is -0.155. The summed E-state index contributed by atoms with van der Waals surface area (Å²) in [5, 5.41) is 16.7. The van der Waals surface area contributed by atoms with Crippen LogP contribution in [-0.4, -0.2) is 136 Å². The fourth-order valence-corrected chi connectivity index (χ4v) is 10.1. The van der Waals surface area contributed by atoms with Crippen LogP contribution < -0.4 is 10.7 Å². The maximum atomic E-state index is 14.7. The van der Waals surface area contributed by atoms with Crippen molar-refractivity contribution in [1.29, 1.82) is 0 Å². The molecule has 0 spiro atoms. The monoisotopic (exact) mass is 904 g/mol. The molecule has 3 fully saturated rings. The molecule has 8 rings (SSSR count). The van der Waals surface area contributed by atoms with Crippen molar-refractivity contribution in [1.82, 2.24) is 40.0 Å². The molecule has 5 amide bonds. The highest BCUT2D eigenvalue weighted by Gasteiger charge is 2.42. The lowest BCUT2D eigenvalue weighted by Crippen LogP contribution is -2.62. The van der Waals surface area contributed by atoms with E-state index in [1.807, 2.05) is 38.2 Å². The third kappa shape index (κ3) is 9.61. The van der Waals surface area contributed by atoms with Crippen LogP contribution in [0.3, 0.4) is 0 Å².